The van der Waals surface area contributed by atoms with Crippen molar-refractivity contribution in [1.29, 1.82) is 5.26 Å². The number of benzene rings is 2. The first-order valence-electron chi connectivity index (χ1n) is 5.67. The second kappa shape index (κ2) is 5.85. The van der Waals surface area contributed by atoms with Gasteiger partial charge in [-0.2, -0.15) is 5.26 Å². The molecule has 0 unspecified atom stereocenters. The van der Waals surface area contributed by atoms with Crippen molar-refractivity contribution < 1.29 is 9.13 Å². The Balaban J connectivity index is 2.16. The Kier molecular flexibility index (Phi) is 4.18. The smallest absolute Gasteiger partial charge is 0.130 e. The maximum Gasteiger partial charge on any atom is 0.130 e. The minimum atomic E-state index is -0.316. The van der Waals surface area contributed by atoms with Gasteiger partial charge in [-0.15, -0.1) is 0 Å². The molecular formula is C15H11BrFNO. The van der Waals surface area contributed by atoms with Crippen LogP contribution in [0.3, 0.4) is 0 Å². The van der Waals surface area contributed by atoms with Crippen molar-refractivity contribution >= 4 is 15.9 Å². The molecular weight excluding hydrogens is 309 g/mol. The van der Waals surface area contributed by atoms with Crippen LogP contribution in [0.25, 0.3) is 0 Å². The second-order valence-electron chi connectivity index (χ2n) is 4.12. The van der Waals surface area contributed by atoms with Gasteiger partial charge < -0.3 is 4.74 Å². The lowest BCUT2D eigenvalue weighted by atomic mass is 10.1. The van der Waals surface area contributed by atoms with Gasteiger partial charge in [0.1, 0.15) is 18.2 Å². The van der Waals surface area contributed by atoms with E-state index >= 15 is 0 Å². The quantitative estimate of drug-likeness (QED) is 0.842. The average molecular weight is 320 g/mol. The topological polar surface area (TPSA) is 33.0 Å². The maximum atomic E-state index is 13.6. The number of aryl methyl sites for hydroxylation is 1. The first-order valence-corrected chi connectivity index (χ1v) is 6.47. The SMILES string of the molecule is Cc1ccc(C#N)cc1OCc1ccc(Br)cc1F. The zero-order valence-electron chi connectivity index (χ0n) is 10.3. The van der Waals surface area contributed by atoms with E-state index in [1.165, 1.54) is 6.07 Å². The molecule has 4 heteroatoms. The van der Waals surface area contributed by atoms with Crippen molar-refractivity contribution in [3.8, 4) is 11.8 Å². The zero-order valence-corrected chi connectivity index (χ0v) is 11.9. The second-order valence-corrected chi connectivity index (χ2v) is 5.03. The third-order valence-corrected chi connectivity index (χ3v) is 3.21. The molecule has 0 radical (unpaired) electrons. The van der Waals surface area contributed by atoms with E-state index in [9.17, 15) is 4.39 Å². The van der Waals surface area contributed by atoms with Gasteiger partial charge in [-0.05, 0) is 36.8 Å². The Bertz CT molecular complexity index is 649. The van der Waals surface area contributed by atoms with Crippen molar-refractivity contribution in [2.75, 3.05) is 0 Å². The molecule has 0 heterocycles. The Morgan fingerprint density at radius 3 is 2.74 bits per heavy atom. The van der Waals surface area contributed by atoms with Crippen LogP contribution in [-0.4, -0.2) is 0 Å². The molecule has 0 fully saturated rings. The highest BCUT2D eigenvalue weighted by atomic mass is 79.9. The lowest BCUT2D eigenvalue weighted by Crippen LogP contribution is -2.00. The van der Waals surface area contributed by atoms with Gasteiger partial charge in [0, 0.05) is 10.0 Å². The number of hydrogen-bond donors (Lipinski definition) is 0. The minimum absolute atomic E-state index is 0.134. The van der Waals surface area contributed by atoms with Crippen LogP contribution in [-0.2, 0) is 6.61 Å². The molecule has 2 rings (SSSR count). The molecule has 96 valence electrons. The largest absolute Gasteiger partial charge is 0.488 e. The van der Waals surface area contributed by atoms with E-state index in [0.717, 1.165) is 5.56 Å². The van der Waals surface area contributed by atoms with E-state index in [2.05, 4.69) is 22.0 Å². The third-order valence-electron chi connectivity index (χ3n) is 2.72. The standard InChI is InChI=1S/C15H11BrFNO/c1-10-2-3-11(8-18)6-15(10)19-9-12-4-5-13(16)7-14(12)17/h2-7H,9H2,1H3. The van der Waals surface area contributed by atoms with Gasteiger partial charge in [0.25, 0.3) is 0 Å². The Labute approximate surface area is 119 Å². The predicted molar refractivity (Wildman–Crippen MR) is 74.3 cm³/mol. The Morgan fingerprint density at radius 2 is 2.05 bits per heavy atom. The fraction of sp³-hybridized carbons (Fsp3) is 0.133. The summed E-state index contributed by atoms with van der Waals surface area (Å²) in [7, 11) is 0. The van der Waals surface area contributed by atoms with E-state index in [1.807, 2.05) is 13.0 Å². The number of hydrogen-bond acceptors (Lipinski definition) is 2. The lowest BCUT2D eigenvalue weighted by Gasteiger charge is -2.10. The molecule has 0 spiro atoms. The van der Waals surface area contributed by atoms with Crippen LogP contribution >= 0.6 is 15.9 Å². The van der Waals surface area contributed by atoms with Gasteiger partial charge in [-0.1, -0.05) is 28.1 Å². The number of halogens is 2. The highest BCUT2D eigenvalue weighted by molar-refractivity contribution is 9.10. The van der Waals surface area contributed by atoms with Crippen LogP contribution in [0.1, 0.15) is 16.7 Å². The van der Waals surface area contributed by atoms with Gasteiger partial charge in [-0.3, -0.25) is 0 Å². The Morgan fingerprint density at radius 1 is 1.26 bits per heavy atom. The summed E-state index contributed by atoms with van der Waals surface area (Å²) >= 11 is 3.21. The molecule has 0 saturated heterocycles. The molecule has 0 atom stereocenters. The summed E-state index contributed by atoms with van der Waals surface area (Å²) in [5, 5.41) is 8.84. The molecule has 0 bridgehead atoms. The van der Waals surface area contributed by atoms with E-state index in [0.29, 0.717) is 21.3 Å². The van der Waals surface area contributed by atoms with Crippen molar-refractivity contribution in [3.05, 3.63) is 63.4 Å². The fourth-order valence-electron chi connectivity index (χ4n) is 1.62. The van der Waals surface area contributed by atoms with Crippen LogP contribution in [0.5, 0.6) is 5.75 Å². The molecule has 0 aliphatic heterocycles. The summed E-state index contributed by atoms with van der Waals surface area (Å²) < 4.78 is 19.9. The van der Waals surface area contributed by atoms with E-state index < -0.39 is 0 Å². The number of ether oxygens (including phenoxy) is 1. The highest BCUT2D eigenvalue weighted by Crippen LogP contribution is 2.22. The summed E-state index contributed by atoms with van der Waals surface area (Å²) in [6.45, 7) is 2.02. The normalized spacial score (nSPS) is 10.0. The molecule has 2 nitrogen and oxygen atoms in total. The molecule has 2 aromatic rings. The van der Waals surface area contributed by atoms with E-state index in [1.54, 1.807) is 24.3 Å². The number of nitrogens with zero attached hydrogens (tertiary/aromatic N) is 1. The van der Waals surface area contributed by atoms with Gasteiger partial charge in [-0.25, -0.2) is 4.39 Å². The van der Waals surface area contributed by atoms with Crippen LogP contribution < -0.4 is 4.74 Å². The molecule has 19 heavy (non-hydrogen) atoms. The zero-order chi connectivity index (χ0) is 13.8. The van der Waals surface area contributed by atoms with Crippen LogP contribution in [0, 0.1) is 24.1 Å². The highest BCUT2D eigenvalue weighted by Gasteiger charge is 2.06. The molecule has 0 aliphatic rings. The molecule has 0 amide bonds. The average Bonchev–Trinajstić information content (AvgIpc) is 2.39. The van der Waals surface area contributed by atoms with Gasteiger partial charge in [0.05, 0.1) is 11.6 Å². The Hall–Kier alpha value is -1.86. The molecule has 0 aromatic heterocycles. The van der Waals surface area contributed by atoms with Gasteiger partial charge >= 0.3 is 0 Å². The summed E-state index contributed by atoms with van der Waals surface area (Å²) in [6.07, 6.45) is 0. The fourth-order valence-corrected chi connectivity index (χ4v) is 1.95. The van der Waals surface area contributed by atoms with Crippen LogP contribution in [0.4, 0.5) is 4.39 Å². The van der Waals surface area contributed by atoms with Gasteiger partial charge in [0.2, 0.25) is 0 Å². The first kappa shape index (κ1) is 13.6. The monoisotopic (exact) mass is 319 g/mol. The van der Waals surface area contributed by atoms with Crippen LogP contribution in [0.15, 0.2) is 40.9 Å². The summed E-state index contributed by atoms with van der Waals surface area (Å²) in [5.41, 5.74) is 1.92. The number of nitriles is 1. The van der Waals surface area contributed by atoms with Crippen molar-refractivity contribution in [2.24, 2.45) is 0 Å². The van der Waals surface area contributed by atoms with Crippen molar-refractivity contribution in [2.45, 2.75) is 13.5 Å². The lowest BCUT2D eigenvalue weighted by molar-refractivity contribution is 0.297. The minimum Gasteiger partial charge on any atom is -0.488 e. The molecule has 0 N–H and O–H groups in total. The molecule has 0 saturated carbocycles. The maximum absolute atomic E-state index is 13.6. The summed E-state index contributed by atoms with van der Waals surface area (Å²) in [4.78, 5) is 0. The molecule has 0 aliphatic carbocycles. The first-order chi connectivity index (χ1) is 9.10. The number of rotatable bonds is 3. The summed E-state index contributed by atoms with van der Waals surface area (Å²) in [5.74, 6) is 0.282. The van der Waals surface area contributed by atoms with Gasteiger partial charge in [0.15, 0.2) is 0 Å². The van der Waals surface area contributed by atoms with Crippen molar-refractivity contribution in [3.63, 3.8) is 0 Å². The van der Waals surface area contributed by atoms with Crippen molar-refractivity contribution in [1.82, 2.24) is 0 Å². The van der Waals surface area contributed by atoms with E-state index in [-0.39, 0.29) is 12.4 Å². The summed E-state index contributed by atoms with van der Waals surface area (Å²) in [6, 6.07) is 12.1. The van der Waals surface area contributed by atoms with Crippen LogP contribution in [0.2, 0.25) is 0 Å². The van der Waals surface area contributed by atoms with E-state index in [4.69, 9.17) is 10.00 Å². The molecule has 2 aromatic carbocycles. The predicted octanol–water partition coefficient (Wildman–Crippen LogP) is 4.35. The third kappa shape index (κ3) is 3.33.